The molecule has 0 saturated carbocycles. The third kappa shape index (κ3) is 4.48. The minimum Gasteiger partial charge on any atom is -0.467 e. The van der Waals surface area contributed by atoms with E-state index in [0.717, 1.165) is 22.0 Å². The zero-order valence-corrected chi connectivity index (χ0v) is 16.8. The summed E-state index contributed by atoms with van der Waals surface area (Å²) in [6.07, 6.45) is 3.55. The zero-order chi connectivity index (χ0) is 20.1. The molecule has 0 saturated heterocycles. The molecule has 3 rings (SSSR count). The molecule has 2 heterocycles. The number of hydrogen-bond acceptors (Lipinski definition) is 5. The predicted octanol–water partition coefficient (Wildman–Crippen LogP) is 4.26. The zero-order valence-electron chi connectivity index (χ0n) is 16.0. The second-order valence-corrected chi connectivity index (χ2v) is 7.12. The highest BCUT2D eigenvalue weighted by Gasteiger charge is 2.19. The quantitative estimate of drug-likeness (QED) is 0.475. The number of aromatic nitrogens is 1. The molecule has 0 radical (unpaired) electrons. The number of carbonyl (C=O) groups is 2. The fourth-order valence-corrected chi connectivity index (χ4v) is 3.51. The van der Waals surface area contributed by atoms with Crippen LogP contribution in [0.3, 0.4) is 0 Å². The first-order chi connectivity index (χ1) is 13.5. The largest absolute Gasteiger partial charge is 0.467 e. The molecule has 0 aliphatic rings. The lowest BCUT2D eigenvalue weighted by atomic mass is 10.2. The Hall–Kier alpha value is -2.93. The average molecular weight is 398 g/mol. The molecule has 0 aliphatic heterocycles. The fraction of sp³-hybridized carbons (Fsp3) is 0.238. The Morgan fingerprint density at radius 1 is 1.18 bits per heavy atom. The number of para-hydroxylation sites is 1. The summed E-state index contributed by atoms with van der Waals surface area (Å²) in [5.41, 5.74) is 2.83. The van der Waals surface area contributed by atoms with Crippen LogP contribution >= 0.6 is 11.8 Å². The van der Waals surface area contributed by atoms with Gasteiger partial charge in [0, 0.05) is 16.3 Å². The van der Waals surface area contributed by atoms with Crippen LogP contribution in [0, 0.1) is 13.8 Å². The molecule has 0 spiro atoms. The summed E-state index contributed by atoms with van der Waals surface area (Å²) in [5, 5.41) is 2.77. The van der Waals surface area contributed by atoms with Crippen molar-refractivity contribution in [2.75, 3.05) is 18.2 Å². The summed E-state index contributed by atoms with van der Waals surface area (Å²) < 4.78 is 12.6. The molecule has 7 heteroatoms. The molecule has 1 N–H and O–H groups in total. The summed E-state index contributed by atoms with van der Waals surface area (Å²) >= 11 is 1.53. The van der Waals surface area contributed by atoms with E-state index in [1.807, 2.05) is 61.1 Å². The lowest BCUT2D eigenvalue weighted by Crippen LogP contribution is -2.21. The van der Waals surface area contributed by atoms with Crippen LogP contribution in [0.1, 0.15) is 27.5 Å². The van der Waals surface area contributed by atoms with Crippen molar-refractivity contribution in [1.29, 1.82) is 0 Å². The van der Waals surface area contributed by atoms with Crippen molar-refractivity contribution < 1.29 is 18.7 Å². The Balaban J connectivity index is 1.62. The third-order valence-corrected chi connectivity index (χ3v) is 5.20. The van der Waals surface area contributed by atoms with Crippen LogP contribution in [0.2, 0.25) is 0 Å². The molecule has 0 unspecified atom stereocenters. The van der Waals surface area contributed by atoms with Gasteiger partial charge in [-0.1, -0.05) is 12.1 Å². The van der Waals surface area contributed by atoms with Gasteiger partial charge < -0.3 is 19.0 Å². The first-order valence-electron chi connectivity index (χ1n) is 8.78. The van der Waals surface area contributed by atoms with E-state index in [2.05, 4.69) is 5.32 Å². The highest BCUT2D eigenvalue weighted by atomic mass is 32.2. The fourth-order valence-electron chi connectivity index (χ4n) is 2.95. The maximum absolute atomic E-state index is 12.5. The van der Waals surface area contributed by atoms with Gasteiger partial charge in [-0.3, -0.25) is 4.79 Å². The molecule has 1 aromatic carbocycles. The van der Waals surface area contributed by atoms with E-state index in [0.29, 0.717) is 17.8 Å². The molecule has 3 aromatic rings. The molecule has 0 atom stereocenters. The molecule has 6 nitrogen and oxygen atoms in total. The Labute approximate surface area is 167 Å². The minimum absolute atomic E-state index is 0.344. The van der Waals surface area contributed by atoms with E-state index in [1.54, 1.807) is 12.3 Å². The van der Waals surface area contributed by atoms with Crippen molar-refractivity contribution >= 4 is 29.3 Å². The molecule has 0 bridgehead atoms. The summed E-state index contributed by atoms with van der Waals surface area (Å²) in [6.45, 7) is 3.95. The Morgan fingerprint density at radius 2 is 1.96 bits per heavy atom. The molecule has 146 valence electrons. The topological polar surface area (TPSA) is 73.5 Å². The van der Waals surface area contributed by atoms with Gasteiger partial charge in [0.1, 0.15) is 5.76 Å². The number of nitrogens with one attached hydrogen (secondary N) is 1. The average Bonchev–Trinajstić information content (AvgIpc) is 3.30. The van der Waals surface area contributed by atoms with Crippen LogP contribution < -0.4 is 5.32 Å². The number of ether oxygens (including phenoxy) is 1. The summed E-state index contributed by atoms with van der Waals surface area (Å²) in [7, 11) is 0. The highest BCUT2D eigenvalue weighted by Crippen LogP contribution is 2.24. The number of hydrogen-bond donors (Lipinski definition) is 1. The SMILES string of the molecule is CSc1ccccc1NC(=O)COC(=O)c1cc(C)n(Cc2ccco2)c1C. The van der Waals surface area contributed by atoms with Gasteiger partial charge in [-0.15, -0.1) is 11.8 Å². The molecule has 2 aromatic heterocycles. The Kier molecular flexibility index (Phi) is 6.26. The maximum atomic E-state index is 12.5. The monoisotopic (exact) mass is 398 g/mol. The number of thioether (sulfide) groups is 1. The number of rotatable bonds is 7. The van der Waals surface area contributed by atoms with Crippen molar-refractivity contribution in [2.45, 2.75) is 25.3 Å². The number of amides is 1. The van der Waals surface area contributed by atoms with E-state index in [4.69, 9.17) is 9.15 Å². The predicted molar refractivity (Wildman–Crippen MR) is 109 cm³/mol. The maximum Gasteiger partial charge on any atom is 0.340 e. The van der Waals surface area contributed by atoms with E-state index in [-0.39, 0.29) is 12.5 Å². The number of carbonyl (C=O) groups excluding carboxylic acids is 2. The molecule has 0 fully saturated rings. The Bertz CT molecular complexity index is 976. The second kappa shape index (κ2) is 8.84. The van der Waals surface area contributed by atoms with Gasteiger partial charge >= 0.3 is 5.97 Å². The van der Waals surface area contributed by atoms with E-state index < -0.39 is 5.97 Å². The van der Waals surface area contributed by atoms with Gasteiger partial charge in [-0.25, -0.2) is 4.79 Å². The van der Waals surface area contributed by atoms with Gasteiger partial charge in [0.2, 0.25) is 0 Å². The van der Waals surface area contributed by atoms with E-state index in [9.17, 15) is 9.59 Å². The van der Waals surface area contributed by atoms with Crippen LogP contribution in [0.5, 0.6) is 0 Å². The van der Waals surface area contributed by atoms with Gasteiger partial charge in [0.15, 0.2) is 6.61 Å². The van der Waals surface area contributed by atoms with Crippen LogP contribution in [0.15, 0.2) is 58.0 Å². The van der Waals surface area contributed by atoms with Crippen molar-refractivity contribution in [2.24, 2.45) is 0 Å². The number of esters is 1. The van der Waals surface area contributed by atoms with Gasteiger partial charge in [0.05, 0.1) is 24.1 Å². The highest BCUT2D eigenvalue weighted by molar-refractivity contribution is 7.98. The molecular formula is C21H22N2O4S. The van der Waals surface area contributed by atoms with Crippen LogP contribution in [-0.4, -0.2) is 29.3 Å². The van der Waals surface area contributed by atoms with Crippen molar-refractivity contribution in [3.63, 3.8) is 0 Å². The van der Waals surface area contributed by atoms with E-state index in [1.165, 1.54) is 11.8 Å². The molecule has 1 amide bonds. The number of nitrogens with zero attached hydrogens (tertiary/aromatic N) is 1. The van der Waals surface area contributed by atoms with E-state index >= 15 is 0 Å². The van der Waals surface area contributed by atoms with Crippen molar-refractivity contribution in [3.05, 3.63) is 71.4 Å². The molecule has 0 aliphatic carbocycles. The van der Waals surface area contributed by atoms with Crippen LogP contribution in [0.4, 0.5) is 5.69 Å². The summed E-state index contributed by atoms with van der Waals surface area (Å²) in [5.74, 6) is -0.0973. The van der Waals surface area contributed by atoms with Crippen LogP contribution in [-0.2, 0) is 16.1 Å². The van der Waals surface area contributed by atoms with Crippen LogP contribution in [0.25, 0.3) is 0 Å². The number of benzene rings is 1. The standard InChI is InChI=1S/C21H22N2O4S/c1-14-11-17(15(2)23(14)12-16-7-6-10-26-16)21(25)27-13-20(24)22-18-8-4-5-9-19(18)28-3/h4-11H,12-13H2,1-3H3,(H,22,24). The number of anilines is 1. The molecule has 28 heavy (non-hydrogen) atoms. The Morgan fingerprint density at radius 3 is 2.68 bits per heavy atom. The van der Waals surface area contributed by atoms with Gasteiger partial charge in [-0.05, 0) is 50.4 Å². The lowest BCUT2D eigenvalue weighted by molar-refractivity contribution is -0.119. The smallest absolute Gasteiger partial charge is 0.340 e. The summed E-state index contributed by atoms with van der Waals surface area (Å²) in [4.78, 5) is 25.6. The van der Waals surface area contributed by atoms with Gasteiger partial charge in [0.25, 0.3) is 5.91 Å². The molecular weight excluding hydrogens is 376 g/mol. The first kappa shape index (κ1) is 19.8. The summed E-state index contributed by atoms with van der Waals surface area (Å²) in [6, 6.07) is 12.9. The first-order valence-corrected chi connectivity index (χ1v) is 10.0. The number of furan rings is 1. The van der Waals surface area contributed by atoms with Crippen molar-refractivity contribution in [1.82, 2.24) is 4.57 Å². The normalized spacial score (nSPS) is 10.7. The third-order valence-electron chi connectivity index (χ3n) is 4.40. The van der Waals surface area contributed by atoms with Gasteiger partial charge in [-0.2, -0.15) is 0 Å². The number of aryl methyl sites for hydroxylation is 1. The van der Waals surface area contributed by atoms with Crippen molar-refractivity contribution in [3.8, 4) is 0 Å². The lowest BCUT2D eigenvalue weighted by Gasteiger charge is -2.10. The second-order valence-electron chi connectivity index (χ2n) is 6.27. The minimum atomic E-state index is -0.521.